The summed E-state index contributed by atoms with van der Waals surface area (Å²) in [5.41, 5.74) is 6.08. The highest BCUT2D eigenvalue weighted by Gasteiger charge is 1.96. The molecule has 0 spiro atoms. The van der Waals surface area contributed by atoms with Crippen LogP contribution < -0.4 is 21.7 Å². The summed E-state index contributed by atoms with van der Waals surface area (Å²) in [5.74, 6) is -0.0114. The summed E-state index contributed by atoms with van der Waals surface area (Å²) >= 11 is 0. The number of nitrogens with two attached hydrogens (primary N) is 1. The first-order valence-corrected chi connectivity index (χ1v) is 4.23. The Morgan fingerprint density at radius 3 is 2.54 bits per heavy atom. The van der Waals surface area contributed by atoms with Crippen LogP contribution in [0, 0.1) is 0 Å². The summed E-state index contributed by atoms with van der Waals surface area (Å²) in [6.07, 6.45) is 0. The van der Waals surface area contributed by atoms with Gasteiger partial charge in [0.2, 0.25) is 5.91 Å². The van der Waals surface area contributed by atoms with Gasteiger partial charge in [0.25, 0.3) is 0 Å². The van der Waals surface area contributed by atoms with Gasteiger partial charge in [-0.1, -0.05) is 6.58 Å². The van der Waals surface area contributed by atoms with Crippen LogP contribution in [0.15, 0.2) is 12.3 Å². The molecule has 0 saturated heterocycles. The lowest BCUT2D eigenvalue weighted by atomic mass is 10.4. The maximum Gasteiger partial charge on any atom is 0.234 e. The third-order valence-electron chi connectivity index (χ3n) is 1.41. The SMILES string of the molecule is C=C(CN)NCCNC(=O)CNC. The van der Waals surface area contributed by atoms with E-state index in [0.29, 0.717) is 26.2 Å². The lowest BCUT2D eigenvalue weighted by Crippen LogP contribution is -2.36. The van der Waals surface area contributed by atoms with Crippen LogP contribution in [0.3, 0.4) is 0 Å². The maximum absolute atomic E-state index is 10.9. The van der Waals surface area contributed by atoms with Crippen LogP contribution in [0.2, 0.25) is 0 Å². The van der Waals surface area contributed by atoms with Gasteiger partial charge in [0.1, 0.15) is 0 Å². The molecule has 13 heavy (non-hydrogen) atoms. The van der Waals surface area contributed by atoms with E-state index in [-0.39, 0.29) is 5.91 Å². The van der Waals surface area contributed by atoms with Crippen molar-refractivity contribution < 1.29 is 4.79 Å². The number of carbonyl (C=O) groups excluding carboxylic acids is 1. The van der Waals surface area contributed by atoms with E-state index in [1.54, 1.807) is 7.05 Å². The van der Waals surface area contributed by atoms with Crippen molar-refractivity contribution in [1.29, 1.82) is 0 Å². The smallest absolute Gasteiger partial charge is 0.234 e. The third kappa shape index (κ3) is 7.30. The molecule has 0 heterocycles. The zero-order chi connectivity index (χ0) is 10.1. The van der Waals surface area contributed by atoms with Crippen LogP contribution in [0.25, 0.3) is 0 Å². The van der Waals surface area contributed by atoms with Crippen LogP contribution >= 0.6 is 0 Å². The first kappa shape index (κ1) is 11.9. The van der Waals surface area contributed by atoms with E-state index in [2.05, 4.69) is 22.5 Å². The molecule has 0 unspecified atom stereocenters. The summed E-state index contributed by atoms with van der Waals surface area (Å²) in [7, 11) is 1.73. The van der Waals surface area contributed by atoms with Crippen molar-refractivity contribution in [1.82, 2.24) is 16.0 Å². The van der Waals surface area contributed by atoms with Gasteiger partial charge >= 0.3 is 0 Å². The molecule has 0 aromatic heterocycles. The largest absolute Gasteiger partial charge is 0.386 e. The second-order valence-corrected chi connectivity index (χ2v) is 2.61. The molecule has 1 amide bonds. The number of hydrogen-bond acceptors (Lipinski definition) is 4. The number of rotatable bonds is 7. The molecule has 5 nitrogen and oxygen atoms in total. The molecule has 0 aliphatic heterocycles. The highest BCUT2D eigenvalue weighted by molar-refractivity contribution is 5.77. The van der Waals surface area contributed by atoms with Gasteiger partial charge in [0.15, 0.2) is 0 Å². The summed E-state index contributed by atoms with van der Waals surface area (Å²) < 4.78 is 0. The fourth-order valence-electron chi connectivity index (χ4n) is 0.736. The van der Waals surface area contributed by atoms with Gasteiger partial charge in [-0.15, -0.1) is 0 Å². The molecule has 0 aromatic carbocycles. The van der Waals surface area contributed by atoms with Crippen molar-refractivity contribution >= 4 is 5.91 Å². The lowest BCUT2D eigenvalue weighted by Gasteiger charge is -2.08. The lowest BCUT2D eigenvalue weighted by molar-refractivity contribution is -0.120. The van der Waals surface area contributed by atoms with Gasteiger partial charge in [-0.2, -0.15) is 0 Å². The number of likely N-dealkylation sites (N-methyl/N-ethyl adjacent to an activating group) is 1. The average molecular weight is 186 g/mol. The molecular formula is C8H18N4O. The predicted molar refractivity (Wildman–Crippen MR) is 53.1 cm³/mol. The zero-order valence-corrected chi connectivity index (χ0v) is 8.02. The van der Waals surface area contributed by atoms with E-state index in [9.17, 15) is 4.79 Å². The number of nitrogens with one attached hydrogen (secondary N) is 3. The van der Waals surface area contributed by atoms with E-state index >= 15 is 0 Å². The highest BCUT2D eigenvalue weighted by Crippen LogP contribution is 1.74. The second kappa shape index (κ2) is 7.57. The van der Waals surface area contributed by atoms with Crippen LogP contribution in [-0.4, -0.2) is 39.1 Å². The summed E-state index contributed by atoms with van der Waals surface area (Å²) in [5, 5.41) is 8.45. The Morgan fingerprint density at radius 1 is 1.38 bits per heavy atom. The van der Waals surface area contributed by atoms with Crippen molar-refractivity contribution in [3.8, 4) is 0 Å². The molecule has 0 aliphatic rings. The summed E-state index contributed by atoms with van der Waals surface area (Å²) in [6.45, 7) is 5.67. The Bertz CT molecular complexity index is 170. The van der Waals surface area contributed by atoms with E-state index in [4.69, 9.17) is 5.73 Å². The molecule has 0 fully saturated rings. The Morgan fingerprint density at radius 2 is 2.00 bits per heavy atom. The molecule has 0 bridgehead atoms. The molecule has 76 valence electrons. The normalized spacial score (nSPS) is 9.38. The standard InChI is InChI=1S/C8H18N4O/c1-7(5-9)11-3-4-12-8(13)6-10-2/h10-11H,1,3-6,9H2,2H3,(H,12,13). The minimum absolute atomic E-state index is 0.0114. The van der Waals surface area contributed by atoms with Crippen molar-refractivity contribution in [2.45, 2.75) is 0 Å². The maximum atomic E-state index is 10.9. The topological polar surface area (TPSA) is 79.2 Å². The molecular weight excluding hydrogens is 168 g/mol. The fourth-order valence-corrected chi connectivity index (χ4v) is 0.736. The van der Waals surface area contributed by atoms with Crippen molar-refractivity contribution in [2.75, 3.05) is 33.2 Å². The van der Waals surface area contributed by atoms with Crippen LogP contribution in [-0.2, 0) is 4.79 Å². The first-order valence-electron chi connectivity index (χ1n) is 4.23. The summed E-state index contributed by atoms with van der Waals surface area (Å²) in [6, 6.07) is 0. The Balaban J connectivity index is 3.25. The molecule has 0 atom stereocenters. The van der Waals surface area contributed by atoms with Gasteiger partial charge in [0.05, 0.1) is 6.54 Å². The highest BCUT2D eigenvalue weighted by atomic mass is 16.1. The number of amides is 1. The summed E-state index contributed by atoms with van der Waals surface area (Å²) in [4.78, 5) is 10.9. The van der Waals surface area contributed by atoms with Crippen LogP contribution in [0.1, 0.15) is 0 Å². The van der Waals surface area contributed by atoms with E-state index < -0.39 is 0 Å². The van der Waals surface area contributed by atoms with E-state index in [1.807, 2.05) is 0 Å². The second-order valence-electron chi connectivity index (χ2n) is 2.61. The monoisotopic (exact) mass is 186 g/mol. The minimum Gasteiger partial charge on any atom is -0.386 e. The third-order valence-corrected chi connectivity index (χ3v) is 1.41. The van der Waals surface area contributed by atoms with Crippen molar-refractivity contribution in [3.05, 3.63) is 12.3 Å². The van der Waals surface area contributed by atoms with E-state index in [0.717, 1.165) is 5.70 Å². The van der Waals surface area contributed by atoms with Crippen molar-refractivity contribution in [3.63, 3.8) is 0 Å². The van der Waals surface area contributed by atoms with Crippen LogP contribution in [0.5, 0.6) is 0 Å². The minimum atomic E-state index is -0.0114. The van der Waals surface area contributed by atoms with Crippen LogP contribution in [0.4, 0.5) is 0 Å². The van der Waals surface area contributed by atoms with Gasteiger partial charge < -0.3 is 21.7 Å². The fraction of sp³-hybridized carbons (Fsp3) is 0.625. The molecule has 5 N–H and O–H groups in total. The molecule has 0 saturated carbocycles. The molecule has 0 rings (SSSR count). The Kier molecular flexibility index (Phi) is 6.95. The van der Waals surface area contributed by atoms with Gasteiger partial charge in [0, 0.05) is 25.3 Å². The molecule has 5 heteroatoms. The molecule has 0 aliphatic carbocycles. The zero-order valence-electron chi connectivity index (χ0n) is 8.02. The Labute approximate surface area is 78.8 Å². The van der Waals surface area contributed by atoms with Gasteiger partial charge in [-0.3, -0.25) is 4.79 Å². The molecule has 0 radical (unpaired) electrons. The molecule has 0 aromatic rings. The van der Waals surface area contributed by atoms with Gasteiger partial charge in [-0.25, -0.2) is 0 Å². The quantitative estimate of drug-likeness (QED) is 0.360. The predicted octanol–water partition coefficient (Wildman–Crippen LogP) is -1.62. The van der Waals surface area contributed by atoms with Crippen molar-refractivity contribution in [2.24, 2.45) is 5.73 Å². The number of carbonyl (C=O) groups is 1. The average Bonchev–Trinajstić information content (AvgIpc) is 2.12. The number of hydrogen-bond donors (Lipinski definition) is 4. The Hall–Kier alpha value is -1.07. The van der Waals surface area contributed by atoms with E-state index in [1.165, 1.54) is 0 Å². The van der Waals surface area contributed by atoms with Gasteiger partial charge in [-0.05, 0) is 7.05 Å². The first-order chi connectivity index (χ1) is 6.20.